The molecule has 4 heteroatoms. The summed E-state index contributed by atoms with van der Waals surface area (Å²) in [4.78, 5) is 0.328. The molecule has 0 aromatic heterocycles. The van der Waals surface area contributed by atoms with Gasteiger partial charge in [-0.15, -0.1) is 0 Å². The lowest BCUT2D eigenvalue weighted by Gasteiger charge is -2.06. The van der Waals surface area contributed by atoms with Crippen LogP contribution in [0.3, 0.4) is 0 Å². The van der Waals surface area contributed by atoms with Crippen LogP contribution in [-0.4, -0.2) is 25.4 Å². The van der Waals surface area contributed by atoms with E-state index >= 15 is 0 Å². The van der Waals surface area contributed by atoms with Crippen molar-refractivity contribution >= 4 is 9.84 Å². The monoisotopic (exact) mass is 228 g/mol. The van der Waals surface area contributed by atoms with Crippen LogP contribution in [0.5, 0.6) is 0 Å². The molecule has 84 valence electrons. The van der Waals surface area contributed by atoms with Crippen molar-refractivity contribution < 1.29 is 13.5 Å². The summed E-state index contributed by atoms with van der Waals surface area (Å²) in [5, 5.41) is 9.04. The van der Waals surface area contributed by atoms with Crippen LogP contribution in [-0.2, 0) is 9.84 Å². The number of rotatable bonds is 4. The Morgan fingerprint density at radius 2 is 1.80 bits per heavy atom. The van der Waals surface area contributed by atoms with E-state index in [1.165, 1.54) is 0 Å². The molecule has 0 spiro atoms. The van der Waals surface area contributed by atoms with Crippen molar-refractivity contribution in [3.05, 3.63) is 29.8 Å². The van der Waals surface area contributed by atoms with Crippen molar-refractivity contribution in [1.29, 1.82) is 0 Å². The first kappa shape index (κ1) is 12.2. The van der Waals surface area contributed by atoms with E-state index in [0.29, 0.717) is 4.90 Å². The fourth-order valence-corrected chi connectivity index (χ4v) is 2.63. The molecular weight excluding hydrogens is 212 g/mol. The predicted molar refractivity (Wildman–Crippen MR) is 59.5 cm³/mol. The highest BCUT2D eigenvalue weighted by molar-refractivity contribution is 7.91. The van der Waals surface area contributed by atoms with Gasteiger partial charge in [0.15, 0.2) is 9.84 Å². The highest BCUT2D eigenvalue weighted by Gasteiger charge is 2.14. The van der Waals surface area contributed by atoms with Gasteiger partial charge in [0.2, 0.25) is 0 Å². The molecule has 0 aliphatic heterocycles. The Kier molecular flexibility index (Phi) is 3.88. The van der Waals surface area contributed by atoms with Gasteiger partial charge in [0.05, 0.1) is 16.8 Å². The molecule has 1 aromatic carbocycles. The summed E-state index contributed by atoms with van der Waals surface area (Å²) in [6.07, 6.45) is -0.304. The molecule has 0 saturated carbocycles. The van der Waals surface area contributed by atoms with Gasteiger partial charge >= 0.3 is 0 Å². The molecule has 3 nitrogen and oxygen atoms in total. The summed E-state index contributed by atoms with van der Waals surface area (Å²) in [6.45, 7) is 3.50. The molecular formula is C11H16O3S. The Morgan fingerprint density at radius 3 is 2.27 bits per heavy atom. The second-order valence-electron chi connectivity index (χ2n) is 3.77. The van der Waals surface area contributed by atoms with Crippen LogP contribution in [0.15, 0.2) is 29.2 Å². The minimum absolute atomic E-state index is 0.00622. The molecule has 1 atom stereocenters. The van der Waals surface area contributed by atoms with Gasteiger partial charge in [-0.05, 0) is 32.4 Å². The molecule has 0 aliphatic carbocycles. The fourth-order valence-electron chi connectivity index (χ4n) is 1.19. The van der Waals surface area contributed by atoms with E-state index in [1.807, 2.05) is 6.92 Å². The largest absolute Gasteiger partial charge is 0.393 e. The van der Waals surface area contributed by atoms with Crippen LogP contribution in [0, 0.1) is 6.92 Å². The van der Waals surface area contributed by atoms with Crippen molar-refractivity contribution in [2.75, 3.05) is 5.75 Å². The normalized spacial score (nSPS) is 13.8. The highest BCUT2D eigenvalue weighted by atomic mass is 32.2. The molecule has 0 radical (unpaired) electrons. The number of hydrogen-bond donors (Lipinski definition) is 1. The minimum atomic E-state index is -3.23. The molecule has 15 heavy (non-hydrogen) atoms. The maximum Gasteiger partial charge on any atom is 0.178 e. The first-order chi connectivity index (χ1) is 6.92. The number of benzene rings is 1. The summed E-state index contributed by atoms with van der Waals surface area (Å²) >= 11 is 0. The summed E-state index contributed by atoms with van der Waals surface area (Å²) < 4.78 is 23.5. The number of aliphatic hydroxyl groups is 1. The van der Waals surface area contributed by atoms with E-state index in [0.717, 1.165) is 5.56 Å². The van der Waals surface area contributed by atoms with Gasteiger partial charge in [-0.25, -0.2) is 8.42 Å². The van der Waals surface area contributed by atoms with Crippen LogP contribution in [0.4, 0.5) is 0 Å². The third-order valence-electron chi connectivity index (χ3n) is 2.18. The zero-order chi connectivity index (χ0) is 11.5. The molecule has 0 aliphatic rings. The van der Waals surface area contributed by atoms with Gasteiger partial charge < -0.3 is 5.11 Å². The molecule has 1 rings (SSSR count). The Labute approximate surface area is 90.7 Å². The van der Waals surface area contributed by atoms with Crippen molar-refractivity contribution in [3.8, 4) is 0 Å². The van der Waals surface area contributed by atoms with Crippen molar-refractivity contribution in [2.45, 2.75) is 31.3 Å². The second kappa shape index (κ2) is 4.77. The summed E-state index contributed by atoms with van der Waals surface area (Å²) in [7, 11) is -3.23. The SMILES string of the molecule is Cc1ccc(S(=O)(=O)CC[C@H](C)O)cc1. The van der Waals surface area contributed by atoms with E-state index < -0.39 is 15.9 Å². The van der Waals surface area contributed by atoms with Crippen molar-refractivity contribution in [1.82, 2.24) is 0 Å². The molecule has 0 amide bonds. The molecule has 0 saturated heterocycles. The lowest BCUT2D eigenvalue weighted by Crippen LogP contribution is -2.12. The summed E-state index contributed by atoms with van der Waals surface area (Å²) in [5.74, 6) is -0.00622. The number of aliphatic hydroxyl groups excluding tert-OH is 1. The van der Waals surface area contributed by atoms with E-state index in [9.17, 15) is 8.42 Å². The smallest absolute Gasteiger partial charge is 0.178 e. The van der Waals surface area contributed by atoms with E-state index in [2.05, 4.69) is 0 Å². The van der Waals surface area contributed by atoms with Gasteiger partial charge in [-0.1, -0.05) is 17.7 Å². The van der Waals surface area contributed by atoms with Crippen LogP contribution in [0.25, 0.3) is 0 Å². The first-order valence-corrected chi connectivity index (χ1v) is 6.54. The van der Waals surface area contributed by atoms with Crippen LogP contribution < -0.4 is 0 Å². The second-order valence-corrected chi connectivity index (χ2v) is 5.88. The molecule has 0 bridgehead atoms. The van der Waals surface area contributed by atoms with E-state index in [4.69, 9.17) is 5.11 Å². The Hall–Kier alpha value is -0.870. The average Bonchev–Trinajstić information content (AvgIpc) is 2.16. The maximum absolute atomic E-state index is 11.7. The molecule has 1 aromatic rings. The number of aryl methyl sites for hydroxylation is 1. The summed E-state index contributed by atoms with van der Waals surface area (Å²) in [5.41, 5.74) is 1.03. The summed E-state index contributed by atoms with van der Waals surface area (Å²) in [6, 6.07) is 6.75. The first-order valence-electron chi connectivity index (χ1n) is 4.89. The van der Waals surface area contributed by atoms with Crippen molar-refractivity contribution in [2.24, 2.45) is 0 Å². The van der Waals surface area contributed by atoms with Gasteiger partial charge in [0, 0.05) is 0 Å². The zero-order valence-corrected chi connectivity index (χ0v) is 9.79. The standard InChI is InChI=1S/C11H16O3S/c1-9-3-5-11(6-4-9)15(13,14)8-7-10(2)12/h3-6,10,12H,7-8H2,1-2H3/t10-/m0/s1. The van der Waals surface area contributed by atoms with Crippen molar-refractivity contribution in [3.63, 3.8) is 0 Å². The number of hydrogen-bond acceptors (Lipinski definition) is 3. The Balaban J connectivity index is 2.82. The fraction of sp³-hybridized carbons (Fsp3) is 0.455. The van der Waals surface area contributed by atoms with Crippen LogP contribution in [0.2, 0.25) is 0 Å². The van der Waals surface area contributed by atoms with Crippen LogP contribution >= 0.6 is 0 Å². The molecule has 0 unspecified atom stereocenters. The highest BCUT2D eigenvalue weighted by Crippen LogP contribution is 2.13. The molecule has 0 heterocycles. The Morgan fingerprint density at radius 1 is 1.27 bits per heavy atom. The van der Waals surface area contributed by atoms with Gasteiger partial charge in [-0.2, -0.15) is 0 Å². The molecule has 1 N–H and O–H groups in total. The maximum atomic E-state index is 11.7. The lowest BCUT2D eigenvalue weighted by molar-refractivity contribution is 0.191. The average molecular weight is 228 g/mol. The lowest BCUT2D eigenvalue weighted by atomic mass is 10.2. The van der Waals surface area contributed by atoms with E-state index in [1.54, 1.807) is 31.2 Å². The number of sulfone groups is 1. The van der Waals surface area contributed by atoms with Crippen LogP contribution in [0.1, 0.15) is 18.9 Å². The quantitative estimate of drug-likeness (QED) is 0.850. The van der Waals surface area contributed by atoms with Gasteiger partial charge in [0.25, 0.3) is 0 Å². The minimum Gasteiger partial charge on any atom is -0.393 e. The van der Waals surface area contributed by atoms with Gasteiger partial charge in [-0.3, -0.25) is 0 Å². The topological polar surface area (TPSA) is 54.4 Å². The molecule has 0 fully saturated rings. The third-order valence-corrected chi connectivity index (χ3v) is 3.95. The predicted octanol–water partition coefficient (Wildman–Crippen LogP) is 1.54. The third kappa shape index (κ3) is 3.64. The van der Waals surface area contributed by atoms with Gasteiger partial charge in [0.1, 0.15) is 0 Å². The van der Waals surface area contributed by atoms with E-state index in [-0.39, 0.29) is 12.2 Å². The Bertz CT molecular complexity index is 404. The zero-order valence-electron chi connectivity index (χ0n) is 8.97.